The summed E-state index contributed by atoms with van der Waals surface area (Å²) in [6, 6.07) is -0.203. The molecule has 1 heterocycles. The van der Waals surface area contributed by atoms with E-state index in [1.54, 1.807) is 4.90 Å². The molecule has 6 heteroatoms. The highest BCUT2D eigenvalue weighted by molar-refractivity contribution is 5.81. The maximum Gasteiger partial charge on any atom is 0.246 e. The fraction of sp³-hybridized carbons (Fsp3) is 0.750. The number of likely N-dealkylation sites (tertiary alicyclic amines) is 1. The quantitative estimate of drug-likeness (QED) is 0.665. The maximum absolute atomic E-state index is 12.6. The minimum absolute atomic E-state index is 0.0967. The Morgan fingerprint density at radius 1 is 1.41 bits per heavy atom. The summed E-state index contributed by atoms with van der Waals surface area (Å²) in [5.74, 6) is -0.672. The van der Waals surface area contributed by atoms with Gasteiger partial charge in [0, 0.05) is 13.1 Å². The Morgan fingerprint density at radius 3 is 2.36 bits per heavy atom. The van der Waals surface area contributed by atoms with Crippen LogP contribution in [-0.4, -0.2) is 65.0 Å². The van der Waals surface area contributed by atoms with Gasteiger partial charge >= 0.3 is 0 Å². The van der Waals surface area contributed by atoms with Crippen LogP contribution in [0.25, 0.3) is 0 Å². The van der Waals surface area contributed by atoms with E-state index in [0.29, 0.717) is 39.0 Å². The van der Waals surface area contributed by atoms with Crippen molar-refractivity contribution in [3.8, 4) is 0 Å². The lowest BCUT2D eigenvalue weighted by atomic mass is 9.90. The lowest BCUT2D eigenvalue weighted by molar-refractivity contribution is -0.137. The summed E-state index contributed by atoms with van der Waals surface area (Å²) in [4.78, 5) is 27.5. The van der Waals surface area contributed by atoms with Crippen LogP contribution in [0.1, 0.15) is 33.6 Å². The van der Waals surface area contributed by atoms with Crippen molar-refractivity contribution in [2.45, 2.75) is 45.8 Å². The molecule has 0 saturated carbocycles. The smallest absolute Gasteiger partial charge is 0.246 e. The fourth-order valence-electron chi connectivity index (χ4n) is 2.95. The SMILES string of the molecule is C=C(C)CN(CC)C(=O)[C@H](C)N1CCC([C@@H](O)C(N)=O)CC1. The van der Waals surface area contributed by atoms with Crippen LogP contribution in [0, 0.1) is 5.92 Å². The van der Waals surface area contributed by atoms with Crippen molar-refractivity contribution < 1.29 is 14.7 Å². The normalized spacial score (nSPS) is 19.5. The summed E-state index contributed by atoms with van der Waals surface area (Å²) < 4.78 is 0. The van der Waals surface area contributed by atoms with Crippen LogP contribution in [0.5, 0.6) is 0 Å². The van der Waals surface area contributed by atoms with E-state index < -0.39 is 12.0 Å². The lowest BCUT2D eigenvalue weighted by Gasteiger charge is -2.38. The molecule has 0 spiro atoms. The molecule has 0 aromatic carbocycles. The van der Waals surface area contributed by atoms with Crippen molar-refractivity contribution in [2.75, 3.05) is 26.2 Å². The van der Waals surface area contributed by atoms with E-state index in [4.69, 9.17) is 5.73 Å². The minimum atomic E-state index is -1.08. The molecular weight excluding hydrogens is 282 g/mol. The molecule has 0 radical (unpaired) electrons. The van der Waals surface area contributed by atoms with Crippen LogP contribution in [0.4, 0.5) is 0 Å². The van der Waals surface area contributed by atoms with E-state index in [9.17, 15) is 14.7 Å². The third kappa shape index (κ3) is 4.81. The number of carbonyl (C=O) groups is 2. The zero-order valence-electron chi connectivity index (χ0n) is 13.9. The average molecular weight is 311 g/mol. The number of aliphatic hydroxyl groups is 1. The van der Waals surface area contributed by atoms with Crippen LogP contribution in [0.15, 0.2) is 12.2 Å². The van der Waals surface area contributed by atoms with E-state index in [2.05, 4.69) is 11.5 Å². The summed E-state index contributed by atoms with van der Waals surface area (Å²) in [5, 5.41) is 9.73. The number of nitrogens with two attached hydrogens (primary N) is 1. The largest absolute Gasteiger partial charge is 0.383 e. The number of piperidine rings is 1. The van der Waals surface area contributed by atoms with Crippen molar-refractivity contribution in [1.29, 1.82) is 0 Å². The summed E-state index contributed by atoms with van der Waals surface area (Å²) >= 11 is 0. The van der Waals surface area contributed by atoms with Crippen molar-refractivity contribution in [3.05, 3.63) is 12.2 Å². The molecule has 1 aliphatic heterocycles. The molecule has 2 amide bonds. The van der Waals surface area contributed by atoms with E-state index in [0.717, 1.165) is 5.57 Å². The van der Waals surface area contributed by atoms with Gasteiger partial charge in [0.25, 0.3) is 0 Å². The van der Waals surface area contributed by atoms with Gasteiger partial charge in [0.05, 0.1) is 6.04 Å². The number of primary amides is 1. The molecular formula is C16H29N3O3. The maximum atomic E-state index is 12.6. The number of carbonyl (C=O) groups excluding carboxylic acids is 2. The first kappa shape index (κ1) is 18.6. The van der Waals surface area contributed by atoms with Gasteiger partial charge in [0.1, 0.15) is 6.10 Å². The fourth-order valence-corrected chi connectivity index (χ4v) is 2.95. The number of nitrogens with zero attached hydrogens (tertiary/aromatic N) is 2. The van der Waals surface area contributed by atoms with Crippen LogP contribution in [-0.2, 0) is 9.59 Å². The van der Waals surface area contributed by atoms with Gasteiger partial charge < -0.3 is 15.7 Å². The summed E-state index contributed by atoms with van der Waals surface area (Å²) in [6.07, 6.45) is 0.270. The molecule has 0 unspecified atom stereocenters. The van der Waals surface area contributed by atoms with Gasteiger partial charge in [-0.2, -0.15) is 0 Å². The lowest BCUT2D eigenvalue weighted by Crippen LogP contribution is -2.51. The molecule has 3 N–H and O–H groups in total. The molecule has 1 aliphatic rings. The topological polar surface area (TPSA) is 86.9 Å². The Balaban J connectivity index is 2.57. The van der Waals surface area contributed by atoms with Crippen molar-refractivity contribution >= 4 is 11.8 Å². The van der Waals surface area contributed by atoms with Gasteiger partial charge in [-0.1, -0.05) is 12.2 Å². The van der Waals surface area contributed by atoms with E-state index in [1.807, 2.05) is 20.8 Å². The molecule has 2 atom stereocenters. The van der Waals surface area contributed by atoms with Gasteiger partial charge in [-0.15, -0.1) is 0 Å². The van der Waals surface area contributed by atoms with Gasteiger partial charge in [-0.05, 0) is 52.6 Å². The molecule has 0 aromatic rings. The van der Waals surface area contributed by atoms with Gasteiger partial charge in [0.15, 0.2) is 0 Å². The predicted molar refractivity (Wildman–Crippen MR) is 86.0 cm³/mol. The van der Waals surface area contributed by atoms with E-state index in [1.165, 1.54) is 0 Å². The Kier molecular flexibility index (Phi) is 7.03. The first-order valence-electron chi connectivity index (χ1n) is 7.92. The predicted octanol–water partition coefficient (Wildman–Crippen LogP) is 0.358. The zero-order chi connectivity index (χ0) is 16.9. The number of hydrogen-bond acceptors (Lipinski definition) is 4. The third-order valence-electron chi connectivity index (χ3n) is 4.37. The van der Waals surface area contributed by atoms with Crippen LogP contribution in [0.2, 0.25) is 0 Å². The first-order chi connectivity index (χ1) is 10.3. The van der Waals surface area contributed by atoms with Crippen LogP contribution >= 0.6 is 0 Å². The molecule has 1 saturated heterocycles. The minimum Gasteiger partial charge on any atom is -0.383 e. The Labute approximate surface area is 132 Å². The monoisotopic (exact) mass is 311 g/mol. The Hall–Kier alpha value is -1.40. The molecule has 0 aliphatic carbocycles. The first-order valence-corrected chi connectivity index (χ1v) is 7.92. The van der Waals surface area contributed by atoms with Crippen molar-refractivity contribution in [3.63, 3.8) is 0 Å². The molecule has 1 fully saturated rings. The molecule has 126 valence electrons. The second kappa shape index (κ2) is 8.29. The van der Waals surface area contributed by atoms with Crippen LogP contribution < -0.4 is 5.73 Å². The van der Waals surface area contributed by atoms with Gasteiger partial charge in [0.2, 0.25) is 11.8 Å². The van der Waals surface area contributed by atoms with Crippen molar-refractivity contribution in [2.24, 2.45) is 11.7 Å². The molecule has 0 aromatic heterocycles. The van der Waals surface area contributed by atoms with E-state index in [-0.39, 0.29) is 17.9 Å². The average Bonchev–Trinajstić information content (AvgIpc) is 2.50. The van der Waals surface area contributed by atoms with Gasteiger partial charge in [-0.25, -0.2) is 0 Å². The zero-order valence-corrected chi connectivity index (χ0v) is 13.9. The summed E-state index contributed by atoms with van der Waals surface area (Å²) in [7, 11) is 0. The molecule has 6 nitrogen and oxygen atoms in total. The van der Waals surface area contributed by atoms with Crippen molar-refractivity contribution in [1.82, 2.24) is 9.80 Å². The number of likely N-dealkylation sites (N-methyl/N-ethyl adjacent to an activating group) is 1. The highest BCUT2D eigenvalue weighted by Crippen LogP contribution is 2.22. The van der Waals surface area contributed by atoms with E-state index >= 15 is 0 Å². The van der Waals surface area contributed by atoms with Crippen LogP contribution in [0.3, 0.4) is 0 Å². The number of amides is 2. The molecule has 22 heavy (non-hydrogen) atoms. The highest BCUT2D eigenvalue weighted by Gasteiger charge is 2.32. The highest BCUT2D eigenvalue weighted by atomic mass is 16.3. The second-order valence-corrected chi connectivity index (χ2v) is 6.21. The third-order valence-corrected chi connectivity index (χ3v) is 4.37. The molecule has 0 bridgehead atoms. The Morgan fingerprint density at radius 2 is 1.95 bits per heavy atom. The van der Waals surface area contributed by atoms with Gasteiger partial charge in [-0.3, -0.25) is 14.5 Å². The summed E-state index contributed by atoms with van der Waals surface area (Å²) in [5.41, 5.74) is 6.11. The standard InChI is InChI=1S/C16H29N3O3/c1-5-18(10-11(2)3)16(22)12(4)19-8-6-13(7-9-19)14(20)15(17)21/h12-14,20H,2,5-10H2,1,3-4H3,(H2,17,21)/t12-,14+/m0/s1. The molecule has 1 rings (SSSR count). The Bertz CT molecular complexity index is 417. The number of hydrogen-bond donors (Lipinski definition) is 2. The summed E-state index contributed by atoms with van der Waals surface area (Å²) in [6.45, 7) is 12.3. The number of aliphatic hydroxyl groups excluding tert-OH is 1. The second-order valence-electron chi connectivity index (χ2n) is 6.21. The number of rotatable bonds is 7.